The largest absolute Gasteiger partial charge is 0.492 e. The van der Waals surface area contributed by atoms with Crippen molar-refractivity contribution in [3.05, 3.63) is 65.7 Å². The van der Waals surface area contributed by atoms with Crippen LogP contribution in [0.25, 0.3) is 0 Å². The predicted molar refractivity (Wildman–Crippen MR) is 101 cm³/mol. The second-order valence-electron chi connectivity index (χ2n) is 6.47. The molecule has 26 heavy (non-hydrogen) atoms. The Morgan fingerprint density at radius 1 is 0.923 bits per heavy atom. The van der Waals surface area contributed by atoms with Crippen molar-refractivity contribution in [3.8, 4) is 5.75 Å². The summed E-state index contributed by atoms with van der Waals surface area (Å²) >= 11 is 0. The first kappa shape index (κ1) is 18.4. The van der Waals surface area contributed by atoms with Gasteiger partial charge >= 0.3 is 5.97 Å². The van der Waals surface area contributed by atoms with Gasteiger partial charge in [-0.2, -0.15) is 0 Å². The number of carbonyl (C=O) groups is 1. The minimum Gasteiger partial charge on any atom is -0.492 e. The van der Waals surface area contributed by atoms with Crippen molar-refractivity contribution in [2.24, 2.45) is 0 Å². The number of ether oxygens (including phenoxy) is 2. The van der Waals surface area contributed by atoms with Crippen LogP contribution in [0.5, 0.6) is 5.75 Å². The molecule has 3 rings (SSSR count). The molecule has 1 aliphatic rings. The molecular formula is C21H26N2O3. The molecule has 5 nitrogen and oxygen atoms in total. The highest BCUT2D eigenvalue weighted by Gasteiger charge is 2.16. The van der Waals surface area contributed by atoms with Crippen LogP contribution in [-0.2, 0) is 11.3 Å². The number of nitrogens with zero attached hydrogens (tertiary/aromatic N) is 2. The van der Waals surface area contributed by atoms with Crippen molar-refractivity contribution in [1.29, 1.82) is 0 Å². The zero-order chi connectivity index (χ0) is 18.2. The van der Waals surface area contributed by atoms with Crippen molar-refractivity contribution < 1.29 is 14.3 Å². The normalized spacial score (nSPS) is 15.6. The van der Waals surface area contributed by atoms with Gasteiger partial charge in [0.1, 0.15) is 12.4 Å². The molecule has 1 saturated heterocycles. The highest BCUT2D eigenvalue weighted by atomic mass is 16.5. The number of carbonyl (C=O) groups excluding carboxylic acids is 1. The van der Waals surface area contributed by atoms with Gasteiger partial charge < -0.3 is 9.47 Å². The zero-order valence-electron chi connectivity index (χ0n) is 15.3. The van der Waals surface area contributed by atoms with Gasteiger partial charge in [-0.25, -0.2) is 4.79 Å². The van der Waals surface area contributed by atoms with E-state index in [0.717, 1.165) is 45.0 Å². The molecule has 0 bridgehead atoms. The number of hydrogen-bond donors (Lipinski definition) is 0. The van der Waals surface area contributed by atoms with Gasteiger partial charge in [-0.3, -0.25) is 9.80 Å². The van der Waals surface area contributed by atoms with Gasteiger partial charge in [0, 0.05) is 39.3 Å². The van der Waals surface area contributed by atoms with Crippen LogP contribution >= 0.6 is 0 Å². The van der Waals surface area contributed by atoms with Crippen molar-refractivity contribution in [3.63, 3.8) is 0 Å². The SMILES string of the molecule is COC(=O)c1ccc(OCCN2CCN(Cc3ccccc3)CC2)cc1. The lowest BCUT2D eigenvalue weighted by Gasteiger charge is -2.34. The average molecular weight is 354 g/mol. The third-order valence-electron chi connectivity index (χ3n) is 4.67. The number of rotatable bonds is 7. The molecule has 1 heterocycles. The lowest BCUT2D eigenvalue weighted by Crippen LogP contribution is -2.47. The molecule has 1 fully saturated rings. The summed E-state index contributed by atoms with van der Waals surface area (Å²) in [6.07, 6.45) is 0. The first-order chi connectivity index (χ1) is 12.7. The van der Waals surface area contributed by atoms with E-state index in [1.165, 1.54) is 12.7 Å². The van der Waals surface area contributed by atoms with Crippen molar-refractivity contribution in [2.75, 3.05) is 46.4 Å². The fourth-order valence-corrected chi connectivity index (χ4v) is 3.11. The minimum atomic E-state index is -0.329. The molecule has 0 amide bonds. The molecule has 0 unspecified atom stereocenters. The minimum absolute atomic E-state index is 0.329. The summed E-state index contributed by atoms with van der Waals surface area (Å²) in [5, 5.41) is 0. The van der Waals surface area contributed by atoms with Crippen LogP contribution in [0.2, 0.25) is 0 Å². The molecule has 5 heteroatoms. The summed E-state index contributed by atoms with van der Waals surface area (Å²) in [6.45, 7) is 6.90. The number of esters is 1. The molecule has 138 valence electrons. The molecule has 0 N–H and O–H groups in total. The fourth-order valence-electron chi connectivity index (χ4n) is 3.11. The predicted octanol–water partition coefficient (Wildman–Crippen LogP) is 2.67. The number of benzene rings is 2. The Hall–Kier alpha value is -2.37. The maximum absolute atomic E-state index is 11.4. The van der Waals surface area contributed by atoms with E-state index in [2.05, 4.69) is 40.1 Å². The zero-order valence-corrected chi connectivity index (χ0v) is 15.3. The summed E-state index contributed by atoms with van der Waals surface area (Å²) in [7, 11) is 1.38. The Labute approximate surface area is 155 Å². The van der Waals surface area contributed by atoms with E-state index >= 15 is 0 Å². The molecule has 0 aromatic heterocycles. The van der Waals surface area contributed by atoms with Gasteiger partial charge in [0.2, 0.25) is 0 Å². The Morgan fingerprint density at radius 3 is 2.23 bits per heavy atom. The van der Waals surface area contributed by atoms with Crippen LogP contribution in [0.4, 0.5) is 0 Å². The fraction of sp³-hybridized carbons (Fsp3) is 0.381. The van der Waals surface area contributed by atoms with Gasteiger partial charge in [0.25, 0.3) is 0 Å². The lowest BCUT2D eigenvalue weighted by molar-refractivity contribution is 0.0600. The molecule has 0 radical (unpaired) electrons. The van der Waals surface area contributed by atoms with E-state index in [1.807, 2.05) is 12.1 Å². The van der Waals surface area contributed by atoms with E-state index in [0.29, 0.717) is 12.2 Å². The third kappa shape index (κ3) is 5.31. The van der Waals surface area contributed by atoms with Crippen LogP contribution in [0.3, 0.4) is 0 Å². The Morgan fingerprint density at radius 2 is 1.58 bits per heavy atom. The molecule has 0 aliphatic carbocycles. The van der Waals surface area contributed by atoms with Gasteiger partial charge in [-0.1, -0.05) is 30.3 Å². The second kappa shape index (κ2) is 9.36. The van der Waals surface area contributed by atoms with Crippen LogP contribution in [-0.4, -0.2) is 62.2 Å². The molecule has 1 aliphatic heterocycles. The molecule has 0 atom stereocenters. The van der Waals surface area contributed by atoms with Crippen LogP contribution in [0, 0.1) is 0 Å². The Balaban J connectivity index is 1.35. The topological polar surface area (TPSA) is 42.0 Å². The van der Waals surface area contributed by atoms with E-state index in [1.54, 1.807) is 12.1 Å². The van der Waals surface area contributed by atoms with Crippen LogP contribution in [0.15, 0.2) is 54.6 Å². The molecule has 0 spiro atoms. The maximum atomic E-state index is 11.4. The average Bonchev–Trinajstić information content (AvgIpc) is 2.70. The molecule has 0 saturated carbocycles. The first-order valence-corrected chi connectivity index (χ1v) is 9.04. The van der Waals surface area contributed by atoms with Gasteiger partial charge in [-0.05, 0) is 29.8 Å². The number of piperazine rings is 1. The van der Waals surface area contributed by atoms with E-state index in [-0.39, 0.29) is 5.97 Å². The summed E-state index contributed by atoms with van der Waals surface area (Å²) in [5.74, 6) is 0.449. The quantitative estimate of drug-likeness (QED) is 0.715. The summed E-state index contributed by atoms with van der Waals surface area (Å²) in [6, 6.07) is 17.7. The van der Waals surface area contributed by atoms with Gasteiger partial charge in [0.15, 0.2) is 0 Å². The second-order valence-corrected chi connectivity index (χ2v) is 6.47. The molecule has 2 aromatic carbocycles. The van der Waals surface area contributed by atoms with Crippen molar-refractivity contribution in [2.45, 2.75) is 6.54 Å². The smallest absolute Gasteiger partial charge is 0.337 e. The first-order valence-electron chi connectivity index (χ1n) is 9.04. The summed E-state index contributed by atoms with van der Waals surface area (Å²) < 4.78 is 10.5. The molecular weight excluding hydrogens is 328 g/mol. The Bertz CT molecular complexity index is 680. The lowest BCUT2D eigenvalue weighted by atomic mass is 10.2. The maximum Gasteiger partial charge on any atom is 0.337 e. The third-order valence-corrected chi connectivity index (χ3v) is 4.67. The monoisotopic (exact) mass is 354 g/mol. The highest BCUT2D eigenvalue weighted by molar-refractivity contribution is 5.89. The van der Waals surface area contributed by atoms with Crippen LogP contribution in [0.1, 0.15) is 15.9 Å². The number of hydrogen-bond acceptors (Lipinski definition) is 5. The molecule has 2 aromatic rings. The highest BCUT2D eigenvalue weighted by Crippen LogP contribution is 2.13. The summed E-state index contributed by atoms with van der Waals surface area (Å²) in [5.41, 5.74) is 1.91. The summed E-state index contributed by atoms with van der Waals surface area (Å²) in [4.78, 5) is 16.3. The standard InChI is InChI=1S/C21H26N2O3/c1-25-21(24)19-7-9-20(10-8-19)26-16-15-22-11-13-23(14-12-22)17-18-5-3-2-4-6-18/h2-10H,11-17H2,1H3. The van der Waals surface area contributed by atoms with Crippen molar-refractivity contribution in [1.82, 2.24) is 9.80 Å². The van der Waals surface area contributed by atoms with Crippen LogP contribution < -0.4 is 4.74 Å². The number of methoxy groups -OCH3 is 1. The Kier molecular flexibility index (Phi) is 6.63. The van der Waals surface area contributed by atoms with Gasteiger partial charge in [0.05, 0.1) is 12.7 Å². The van der Waals surface area contributed by atoms with Gasteiger partial charge in [-0.15, -0.1) is 0 Å². The van der Waals surface area contributed by atoms with E-state index in [4.69, 9.17) is 9.47 Å². The van der Waals surface area contributed by atoms with E-state index < -0.39 is 0 Å². The van der Waals surface area contributed by atoms with Crippen molar-refractivity contribution >= 4 is 5.97 Å². The van der Waals surface area contributed by atoms with E-state index in [9.17, 15) is 4.79 Å².